The van der Waals surface area contributed by atoms with Gasteiger partial charge in [-0.15, -0.1) is 0 Å². The molecule has 0 aliphatic rings. The van der Waals surface area contributed by atoms with Crippen LogP contribution in [-0.4, -0.2) is 29.3 Å². The number of aldehydes is 1. The number of rotatable bonds is 20. The molecule has 0 aromatic heterocycles. The van der Waals surface area contributed by atoms with Crippen molar-refractivity contribution in [3.63, 3.8) is 0 Å². The average Bonchev–Trinajstić information content (AvgIpc) is 2.65. The highest BCUT2D eigenvalue weighted by molar-refractivity contribution is 5.83. The van der Waals surface area contributed by atoms with E-state index < -0.39 is 12.0 Å². The predicted molar refractivity (Wildman–Crippen MR) is 110 cm³/mol. The fraction of sp³-hybridized carbons (Fsp3) is 0.864. The van der Waals surface area contributed by atoms with Crippen LogP contribution in [0.2, 0.25) is 0 Å². The molecule has 0 aromatic rings. The van der Waals surface area contributed by atoms with Gasteiger partial charge in [-0.05, 0) is 19.3 Å². The molecule has 0 saturated carbocycles. The summed E-state index contributed by atoms with van der Waals surface area (Å²) < 4.78 is 0. The molecule has 0 fully saturated rings. The first kappa shape index (κ1) is 25.6. The molecule has 0 radical (unpaired) electrons. The fourth-order valence-corrected chi connectivity index (χ4v) is 3.24. The van der Waals surface area contributed by atoms with E-state index in [1.807, 2.05) is 0 Å². The fourth-order valence-electron chi connectivity index (χ4n) is 3.24. The van der Waals surface area contributed by atoms with Gasteiger partial charge >= 0.3 is 5.97 Å². The Morgan fingerprint density at radius 1 is 0.778 bits per heavy atom. The van der Waals surface area contributed by atoms with Crippen molar-refractivity contribution in [1.29, 1.82) is 0 Å². The van der Waals surface area contributed by atoms with E-state index in [0.29, 0.717) is 12.8 Å². The van der Waals surface area contributed by atoms with Gasteiger partial charge < -0.3 is 15.2 Å². The van der Waals surface area contributed by atoms with Gasteiger partial charge in [0, 0.05) is 12.8 Å². The highest BCUT2D eigenvalue weighted by Gasteiger charge is 2.16. The number of hydrogen-bond acceptors (Lipinski definition) is 3. The van der Waals surface area contributed by atoms with E-state index in [1.54, 1.807) is 6.92 Å². The largest absolute Gasteiger partial charge is 0.480 e. The molecule has 158 valence electrons. The Morgan fingerprint density at radius 3 is 1.56 bits per heavy atom. The molecule has 0 aromatic carbocycles. The Labute approximate surface area is 165 Å². The molecule has 0 aliphatic heterocycles. The third kappa shape index (κ3) is 17.8. The van der Waals surface area contributed by atoms with Crippen LogP contribution < -0.4 is 5.32 Å². The van der Waals surface area contributed by atoms with Gasteiger partial charge in [-0.25, -0.2) is 4.79 Å². The van der Waals surface area contributed by atoms with Crippen LogP contribution >= 0.6 is 0 Å². The summed E-state index contributed by atoms with van der Waals surface area (Å²) in [5, 5.41) is 11.5. The molecule has 0 spiro atoms. The summed E-state index contributed by atoms with van der Waals surface area (Å²) in [7, 11) is 0. The Bertz CT molecular complexity index is 385. The maximum atomic E-state index is 11.7. The molecular weight excluding hydrogens is 342 g/mol. The van der Waals surface area contributed by atoms with E-state index in [9.17, 15) is 14.4 Å². The van der Waals surface area contributed by atoms with Gasteiger partial charge in [0.15, 0.2) is 0 Å². The molecule has 0 rings (SSSR count). The minimum atomic E-state index is -0.958. The lowest BCUT2D eigenvalue weighted by Gasteiger charge is -2.11. The van der Waals surface area contributed by atoms with Gasteiger partial charge in [0.25, 0.3) is 0 Å². The highest BCUT2D eigenvalue weighted by atomic mass is 16.4. The van der Waals surface area contributed by atoms with Crippen molar-refractivity contribution in [2.75, 3.05) is 0 Å². The first-order valence-corrected chi connectivity index (χ1v) is 11.1. The number of hydrogen-bond donors (Lipinski definition) is 2. The summed E-state index contributed by atoms with van der Waals surface area (Å²) in [6.07, 6.45) is 19.5. The third-order valence-corrected chi connectivity index (χ3v) is 5.02. The molecule has 0 bridgehead atoms. The average molecular weight is 384 g/mol. The third-order valence-electron chi connectivity index (χ3n) is 5.02. The maximum absolute atomic E-state index is 11.7. The lowest BCUT2D eigenvalue weighted by Crippen LogP contribution is -2.40. The second-order valence-corrected chi connectivity index (χ2v) is 7.52. The van der Waals surface area contributed by atoms with Crippen molar-refractivity contribution in [2.45, 2.75) is 122 Å². The minimum absolute atomic E-state index is 0.145. The monoisotopic (exact) mass is 383 g/mol. The number of carbonyl (C=O) groups excluding carboxylic acids is 2. The zero-order valence-electron chi connectivity index (χ0n) is 17.3. The van der Waals surface area contributed by atoms with Crippen LogP contribution in [0.5, 0.6) is 0 Å². The van der Waals surface area contributed by atoms with Crippen molar-refractivity contribution in [2.24, 2.45) is 0 Å². The van der Waals surface area contributed by atoms with Gasteiger partial charge in [-0.2, -0.15) is 0 Å². The second-order valence-electron chi connectivity index (χ2n) is 7.52. The quantitative estimate of drug-likeness (QED) is 0.218. The molecule has 2 N–H and O–H groups in total. The number of aliphatic carboxylic acids is 1. The first-order valence-electron chi connectivity index (χ1n) is 11.1. The number of amides is 1. The molecule has 0 saturated heterocycles. The minimum Gasteiger partial charge on any atom is -0.480 e. The topological polar surface area (TPSA) is 83.5 Å². The lowest BCUT2D eigenvalue weighted by molar-refractivity contribution is -0.141. The van der Waals surface area contributed by atoms with Crippen LogP contribution in [-0.2, 0) is 14.4 Å². The molecule has 5 nitrogen and oxygen atoms in total. The Morgan fingerprint density at radius 2 is 1.19 bits per heavy atom. The van der Waals surface area contributed by atoms with Gasteiger partial charge in [0.2, 0.25) is 5.91 Å². The molecule has 0 heterocycles. The summed E-state index contributed by atoms with van der Waals surface area (Å²) in [6, 6.07) is -0.750. The molecule has 0 aliphatic carbocycles. The molecule has 0 unspecified atom stereocenters. The Hall–Kier alpha value is -1.39. The van der Waals surface area contributed by atoms with E-state index in [2.05, 4.69) is 5.32 Å². The normalized spacial score (nSPS) is 11.9. The standard InChI is InChI=1S/C22H41NO4/c1-2-20(22(26)27)23-21(25)18-16-14-12-10-8-6-4-3-5-7-9-11-13-15-17-19-24/h19-20H,2-18H2,1H3,(H,23,25)(H,26,27)/t20-/m0/s1. The molecule has 27 heavy (non-hydrogen) atoms. The summed E-state index contributed by atoms with van der Waals surface area (Å²) in [4.78, 5) is 32.7. The molecular formula is C22H41NO4. The van der Waals surface area contributed by atoms with Crippen LogP contribution in [0.25, 0.3) is 0 Å². The summed E-state index contributed by atoms with van der Waals surface area (Å²) >= 11 is 0. The summed E-state index contributed by atoms with van der Waals surface area (Å²) in [6.45, 7) is 1.76. The van der Waals surface area contributed by atoms with Crippen LogP contribution in [0.3, 0.4) is 0 Å². The molecule has 1 amide bonds. The van der Waals surface area contributed by atoms with Gasteiger partial charge in [-0.1, -0.05) is 84.0 Å². The number of carboxylic acid groups (broad SMARTS) is 1. The SMILES string of the molecule is CC[C@H](NC(=O)CCCCCCCCCCCCCCCCC=O)C(=O)O. The number of nitrogens with one attached hydrogen (secondary N) is 1. The van der Waals surface area contributed by atoms with Gasteiger partial charge in [0.05, 0.1) is 0 Å². The molecule has 1 atom stereocenters. The van der Waals surface area contributed by atoms with Crippen LogP contribution in [0, 0.1) is 0 Å². The van der Waals surface area contributed by atoms with E-state index in [0.717, 1.165) is 38.4 Å². The van der Waals surface area contributed by atoms with Crippen LogP contribution in [0.1, 0.15) is 116 Å². The van der Waals surface area contributed by atoms with E-state index in [1.165, 1.54) is 64.2 Å². The zero-order chi connectivity index (χ0) is 20.2. The van der Waals surface area contributed by atoms with Crippen molar-refractivity contribution in [1.82, 2.24) is 5.32 Å². The number of carbonyl (C=O) groups is 3. The molecule has 5 heteroatoms. The van der Waals surface area contributed by atoms with E-state index in [-0.39, 0.29) is 5.91 Å². The highest BCUT2D eigenvalue weighted by Crippen LogP contribution is 2.13. The Balaban J connectivity index is 3.26. The van der Waals surface area contributed by atoms with Crippen LogP contribution in [0.4, 0.5) is 0 Å². The van der Waals surface area contributed by atoms with Crippen molar-refractivity contribution < 1.29 is 19.5 Å². The van der Waals surface area contributed by atoms with Crippen molar-refractivity contribution in [3.05, 3.63) is 0 Å². The number of carboxylic acids is 1. The maximum Gasteiger partial charge on any atom is 0.326 e. The Kier molecular flexibility index (Phi) is 18.4. The smallest absolute Gasteiger partial charge is 0.326 e. The van der Waals surface area contributed by atoms with Gasteiger partial charge in [0.1, 0.15) is 12.3 Å². The lowest BCUT2D eigenvalue weighted by atomic mass is 10.0. The second kappa shape index (κ2) is 19.4. The van der Waals surface area contributed by atoms with Crippen LogP contribution in [0.15, 0.2) is 0 Å². The van der Waals surface area contributed by atoms with Crippen molar-refractivity contribution >= 4 is 18.2 Å². The zero-order valence-corrected chi connectivity index (χ0v) is 17.3. The summed E-state index contributed by atoms with van der Waals surface area (Å²) in [5.74, 6) is -1.10. The summed E-state index contributed by atoms with van der Waals surface area (Å²) in [5.41, 5.74) is 0. The predicted octanol–water partition coefficient (Wildman–Crippen LogP) is 5.41. The van der Waals surface area contributed by atoms with E-state index in [4.69, 9.17) is 5.11 Å². The first-order chi connectivity index (χ1) is 13.1. The van der Waals surface area contributed by atoms with Crippen molar-refractivity contribution in [3.8, 4) is 0 Å². The van der Waals surface area contributed by atoms with Gasteiger partial charge in [-0.3, -0.25) is 4.79 Å². The number of unbranched alkanes of at least 4 members (excludes halogenated alkanes) is 14. The van der Waals surface area contributed by atoms with E-state index >= 15 is 0 Å².